The molecule has 5 nitrogen and oxygen atoms in total. The highest BCUT2D eigenvalue weighted by Crippen LogP contribution is 2.30. The summed E-state index contributed by atoms with van der Waals surface area (Å²) < 4.78 is 0. The van der Waals surface area contributed by atoms with Crippen LogP contribution in [0.4, 0.5) is 0 Å². The second kappa shape index (κ2) is 6.96. The van der Waals surface area contributed by atoms with Crippen LogP contribution in [0.5, 0.6) is 0 Å². The van der Waals surface area contributed by atoms with E-state index >= 15 is 0 Å². The fraction of sp³-hybridized carbons (Fsp3) is 0.421. The number of fused-ring (bicyclic) bond motifs is 1. The highest BCUT2D eigenvalue weighted by atomic mass is 32.1. The van der Waals surface area contributed by atoms with Crippen molar-refractivity contribution < 1.29 is 9.59 Å². The van der Waals surface area contributed by atoms with E-state index in [9.17, 15) is 9.59 Å². The molecule has 4 heterocycles. The van der Waals surface area contributed by atoms with E-state index in [4.69, 9.17) is 0 Å². The summed E-state index contributed by atoms with van der Waals surface area (Å²) in [6.45, 7) is 2.56. The summed E-state index contributed by atoms with van der Waals surface area (Å²) in [5.74, 6) is -0.240. The van der Waals surface area contributed by atoms with Gasteiger partial charge in [-0.2, -0.15) is 0 Å². The number of hydrogen-bond donors (Lipinski definition) is 0. The lowest BCUT2D eigenvalue weighted by Crippen LogP contribution is -2.46. The van der Waals surface area contributed by atoms with E-state index in [1.807, 2.05) is 34.5 Å². The van der Waals surface area contributed by atoms with Crippen molar-refractivity contribution in [3.8, 4) is 0 Å². The number of carbonyl (C=O) groups excluding carboxylic acids is 2. The molecule has 0 N–H and O–H groups in total. The van der Waals surface area contributed by atoms with Gasteiger partial charge in [0.1, 0.15) is 0 Å². The van der Waals surface area contributed by atoms with Crippen LogP contribution < -0.4 is 0 Å². The first-order valence-corrected chi connectivity index (χ1v) is 9.67. The number of amides is 2. The number of aromatic nitrogens is 1. The fourth-order valence-electron chi connectivity index (χ4n) is 3.72. The van der Waals surface area contributed by atoms with Gasteiger partial charge in [-0.25, -0.2) is 0 Å². The quantitative estimate of drug-likeness (QED) is 0.832. The van der Waals surface area contributed by atoms with Gasteiger partial charge < -0.3 is 9.80 Å². The minimum Gasteiger partial charge on any atom is -0.342 e. The Labute approximate surface area is 151 Å². The molecule has 1 atom stereocenters. The molecule has 2 aliphatic heterocycles. The van der Waals surface area contributed by atoms with Crippen molar-refractivity contribution in [1.82, 2.24) is 14.8 Å². The topological polar surface area (TPSA) is 53.5 Å². The summed E-state index contributed by atoms with van der Waals surface area (Å²) in [6, 6.07) is 7.58. The lowest BCUT2D eigenvalue weighted by molar-refractivity contribution is -0.134. The third-order valence-corrected chi connectivity index (χ3v) is 5.86. The maximum Gasteiger partial charge on any atom is 0.264 e. The Morgan fingerprint density at radius 2 is 1.92 bits per heavy atom. The molecule has 25 heavy (non-hydrogen) atoms. The van der Waals surface area contributed by atoms with Gasteiger partial charge in [0.25, 0.3) is 5.91 Å². The van der Waals surface area contributed by atoms with Gasteiger partial charge in [0.05, 0.1) is 16.5 Å². The zero-order chi connectivity index (χ0) is 17.2. The predicted octanol–water partition coefficient (Wildman–Crippen LogP) is 2.90. The number of likely N-dealkylation sites (tertiary alicyclic amines) is 1. The van der Waals surface area contributed by atoms with Gasteiger partial charge in [-0.05, 0) is 42.3 Å². The van der Waals surface area contributed by atoms with Crippen molar-refractivity contribution in [2.45, 2.75) is 31.7 Å². The lowest BCUT2D eigenvalue weighted by atomic mass is 9.92. The molecular formula is C19H21N3O2S. The Bertz CT molecular complexity index is 769. The van der Waals surface area contributed by atoms with E-state index in [-0.39, 0.29) is 17.7 Å². The van der Waals surface area contributed by atoms with Crippen molar-refractivity contribution in [2.75, 3.05) is 19.6 Å². The maximum atomic E-state index is 13.1. The Hall–Kier alpha value is -2.21. The van der Waals surface area contributed by atoms with E-state index in [0.717, 1.165) is 42.1 Å². The lowest BCUT2D eigenvalue weighted by Gasteiger charge is -2.36. The molecule has 2 aromatic rings. The number of hydrogen-bond acceptors (Lipinski definition) is 4. The first-order chi connectivity index (χ1) is 12.2. The zero-order valence-corrected chi connectivity index (χ0v) is 14.9. The molecule has 130 valence electrons. The van der Waals surface area contributed by atoms with Crippen LogP contribution in [0.15, 0.2) is 35.8 Å². The number of piperidine rings is 1. The second-order valence-corrected chi connectivity index (χ2v) is 7.60. The number of nitrogens with zero attached hydrogens (tertiary/aromatic N) is 3. The molecule has 0 aliphatic carbocycles. The van der Waals surface area contributed by atoms with Crippen LogP contribution in [0.3, 0.4) is 0 Å². The average Bonchev–Trinajstić information content (AvgIpc) is 3.21. The number of thiophene rings is 1. The first kappa shape index (κ1) is 16.3. The molecule has 2 aromatic heterocycles. The molecule has 1 saturated heterocycles. The van der Waals surface area contributed by atoms with Crippen LogP contribution in [-0.2, 0) is 11.3 Å². The summed E-state index contributed by atoms with van der Waals surface area (Å²) in [5, 5.41) is 1.91. The molecule has 1 unspecified atom stereocenters. The van der Waals surface area contributed by atoms with Crippen molar-refractivity contribution in [2.24, 2.45) is 0 Å². The second-order valence-electron chi connectivity index (χ2n) is 6.65. The van der Waals surface area contributed by atoms with E-state index in [1.165, 1.54) is 17.8 Å². The SMILES string of the molecule is O=C(c1cccs1)N1Cc2cccnc2C(C(=O)N2CCCCC2)C1. The van der Waals surface area contributed by atoms with Crippen molar-refractivity contribution in [3.05, 3.63) is 52.0 Å². The number of carbonyl (C=O) groups is 2. The molecule has 2 amide bonds. The van der Waals surface area contributed by atoms with Crippen LogP contribution >= 0.6 is 11.3 Å². The van der Waals surface area contributed by atoms with E-state index in [1.54, 1.807) is 11.1 Å². The first-order valence-electron chi connectivity index (χ1n) is 8.79. The third kappa shape index (κ3) is 3.18. The Morgan fingerprint density at radius 1 is 1.08 bits per heavy atom. The molecule has 1 fully saturated rings. The highest BCUT2D eigenvalue weighted by molar-refractivity contribution is 7.12. The van der Waals surface area contributed by atoms with Gasteiger partial charge in [0, 0.05) is 32.4 Å². The van der Waals surface area contributed by atoms with Gasteiger partial charge >= 0.3 is 0 Å². The number of pyridine rings is 1. The third-order valence-electron chi connectivity index (χ3n) is 5.01. The monoisotopic (exact) mass is 355 g/mol. The van der Waals surface area contributed by atoms with Crippen molar-refractivity contribution >= 4 is 23.2 Å². The van der Waals surface area contributed by atoms with Crippen molar-refractivity contribution in [3.63, 3.8) is 0 Å². The van der Waals surface area contributed by atoms with Crippen LogP contribution in [0.1, 0.15) is 46.1 Å². The molecule has 4 rings (SSSR count). The van der Waals surface area contributed by atoms with Gasteiger partial charge in [-0.15, -0.1) is 11.3 Å². The van der Waals surface area contributed by atoms with E-state index in [0.29, 0.717) is 13.1 Å². The standard InChI is InChI=1S/C19H21N3O2S/c23-18(21-9-2-1-3-10-21)15-13-22(19(24)16-7-5-11-25-16)12-14-6-4-8-20-17(14)15/h4-8,11,15H,1-3,9-10,12-13H2. The number of rotatable bonds is 2. The van der Waals surface area contributed by atoms with Crippen LogP contribution in [0, 0.1) is 0 Å². The Morgan fingerprint density at radius 3 is 2.68 bits per heavy atom. The Kier molecular flexibility index (Phi) is 4.53. The molecule has 2 aliphatic rings. The summed E-state index contributed by atoms with van der Waals surface area (Å²) >= 11 is 1.44. The summed E-state index contributed by atoms with van der Waals surface area (Å²) in [6.07, 6.45) is 5.05. The average molecular weight is 355 g/mol. The van der Waals surface area contributed by atoms with Gasteiger partial charge in [0.2, 0.25) is 5.91 Å². The molecular weight excluding hydrogens is 334 g/mol. The molecule has 0 spiro atoms. The Balaban J connectivity index is 1.63. The van der Waals surface area contributed by atoms with Crippen LogP contribution in [-0.4, -0.2) is 46.2 Å². The fourth-order valence-corrected chi connectivity index (χ4v) is 4.41. The molecule has 0 radical (unpaired) electrons. The minimum absolute atomic E-state index is 0.000877. The van der Waals surface area contributed by atoms with E-state index in [2.05, 4.69) is 4.98 Å². The maximum absolute atomic E-state index is 13.1. The summed E-state index contributed by atoms with van der Waals surface area (Å²) in [4.78, 5) is 34.9. The van der Waals surface area contributed by atoms with E-state index < -0.39 is 0 Å². The largest absolute Gasteiger partial charge is 0.342 e. The smallest absolute Gasteiger partial charge is 0.264 e. The van der Waals surface area contributed by atoms with Crippen LogP contribution in [0.25, 0.3) is 0 Å². The van der Waals surface area contributed by atoms with Gasteiger partial charge in [-0.3, -0.25) is 14.6 Å². The molecule has 6 heteroatoms. The van der Waals surface area contributed by atoms with Crippen molar-refractivity contribution in [1.29, 1.82) is 0 Å². The predicted molar refractivity (Wildman–Crippen MR) is 96.5 cm³/mol. The van der Waals surface area contributed by atoms with Gasteiger partial charge in [0.15, 0.2) is 0 Å². The highest BCUT2D eigenvalue weighted by Gasteiger charge is 2.36. The molecule has 0 aromatic carbocycles. The van der Waals surface area contributed by atoms with Crippen LogP contribution in [0.2, 0.25) is 0 Å². The molecule has 0 saturated carbocycles. The minimum atomic E-state index is -0.355. The van der Waals surface area contributed by atoms with Gasteiger partial charge in [-0.1, -0.05) is 12.1 Å². The molecule has 0 bridgehead atoms. The zero-order valence-electron chi connectivity index (χ0n) is 14.1. The summed E-state index contributed by atoms with van der Waals surface area (Å²) in [7, 11) is 0. The summed E-state index contributed by atoms with van der Waals surface area (Å²) in [5.41, 5.74) is 1.82. The normalized spacial score (nSPS) is 20.2.